The summed E-state index contributed by atoms with van der Waals surface area (Å²) >= 11 is 6.10. The van der Waals surface area contributed by atoms with Crippen LogP contribution >= 0.6 is 11.6 Å². The fourth-order valence-corrected chi connectivity index (χ4v) is 3.06. The highest BCUT2D eigenvalue weighted by Gasteiger charge is 2.24. The van der Waals surface area contributed by atoms with Crippen LogP contribution in [-0.4, -0.2) is 29.5 Å². The summed E-state index contributed by atoms with van der Waals surface area (Å²) in [4.78, 5) is 23.4. The first-order valence-electron chi connectivity index (χ1n) is 7.72. The molecule has 2 heterocycles. The molecule has 5 nitrogen and oxygen atoms in total. The van der Waals surface area contributed by atoms with E-state index in [1.807, 2.05) is 25.1 Å². The Hall–Kier alpha value is -2.14. The lowest BCUT2D eigenvalue weighted by Crippen LogP contribution is -2.32. The zero-order valence-electron chi connectivity index (χ0n) is 13.3. The minimum absolute atomic E-state index is 0.0996. The normalized spacial score (nSPS) is 14.1. The lowest BCUT2D eigenvalue weighted by molar-refractivity contribution is 0.0982. The number of hydrogen-bond acceptors (Lipinski definition) is 4. The van der Waals surface area contributed by atoms with E-state index in [2.05, 4.69) is 15.3 Å². The van der Waals surface area contributed by atoms with E-state index in [0.29, 0.717) is 23.2 Å². The highest BCUT2D eigenvalue weighted by atomic mass is 35.5. The summed E-state index contributed by atoms with van der Waals surface area (Å²) in [5.41, 5.74) is 3.21. The number of carbonyl (C=O) groups is 1. The van der Waals surface area contributed by atoms with Gasteiger partial charge in [0.15, 0.2) is 0 Å². The molecule has 23 heavy (non-hydrogen) atoms. The predicted molar refractivity (Wildman–Crippen MR) is 92.4 cm³/mol. The summed E-state index contributed by atoms with van der Waals surface area (Å²) in [5, 5.41) is 3.60. The maximum Gasteiger partial charge on any atom is 0.277 e. The second-order valence-electron chi connectivity index (χ2n) is 5.66. The lowest BCUT2D eigenvalue weighted by Gasteiger charge is -2.23. The van der Waals surface area contributed by atoms with Gasteiger partial charge in [0.1, 0.15) is 5.69 Å². The first kappa shape index (κ1) is 15.7. The number of carbonyl (C=O) groups excluding carboxylic acids is 1. The number of halogens is 1. The Balaban J connectivity index is 2.01. The Bertz CT molecular complexity index is 747. The van der Waals surface area contributed by atoms with Crippen molar-refractivity contribution in [3.05, 3.63) is 46.2 Å². The van der Waals surface area contributed by atoms with Gasteiger partial charge in [-0.2, -0.15) is 0 Å². The van der Waals surface area contributed by atoms with Crippen LogP contribution in [0, 0.1) is 6.92 Å². The Labute approximate surface area is 140 Å². The Kier molecular flexibility index (Phi) is 4.48. The number of anilines is 2. The molecular weight excluding hydrogens is 312 g/mol. The molecule has 2 aromatic rings. The third kappa shape index (κ3) is 3.29. The van der Waals surface area contributed by atoms with Crippen molar-refractivity contribution in [2.45, 2.75) is 26.2 Å². The van der Waals surface area contributed by atoms with Crippen molar-refractivity contribution in [3.63, 3.8) is 0 Å². The second kappa shape index (κ2) is 6.54. The summed E-state index contributed by atoms with van der Waals surface area (Å²) < 4.78 is 0. The van der Waals surface area contributed by atoms with Gasteiger partial charge in [-0.1, -0.05) is 11.6 Å². The molecule has 3 rings (SSSR count). The van der Waals surface area contributed by atoms with E-state index in [-0.39, 0.29) is 5.91 Å². The van der Waals surface area contributed by atoms with E-state index in [0.717, 1.165) is 36.2 Å². The summed E-state index contributed by atoms with van der Waals surface area (Å²) in [6.07, 6.45) is 2.94. The predicted octanol–water partition coefficient (Wildman–Crippen LogP) is 3.46. The molecule has 0 atom stereocenters. The van der Waals surface area contributed by atoms with E-state index in [1.165, 1.54) is 0 Å². The molecule has 0 fully saturated rings. The Morgan fingerprint density at radius 3 is 2.87 bits per heavy atom. The smallest absolute Gasteiger partial charge is 0.277 e. The van der Waals surface area contributed by atoms with Crippen molar-refractivity contribution in [1.29, 1.82) is 0 Å². The van der Waals surface area contributed by atoms with Crippen LogP contribution in [0.25, 0.3) is 0 Å². The SMILES string of the molecule is CNc1nc(C)cc(C(=O)N2CCCCc3cc(Cl)ccc32)n1. The highest BCUT2D eigenvalue weighted by molar-refractivity contribution is 6.30. The van der Waals surface area contributed by atoms with Crippen molar-refractivity contribution in [2.75, 3.05) is 23.8 Å². The van der Waals surface area contributed by atoms with Gasteiger partial charge in [-0.25, -0.2) is 9.97 Å². The molecule has 1 aliphatic rings. The lowest BCUT2D eigenvalue weighted by atomic mass is 10.1. The van der Waals surface area contributed by atoms with Crippen molar-refractivity contribution in [3.8, 4) is 0 Å². The van der Waals surface area contributed by atoms with Crippen molar-refractivity contribution in [1.82, 2.24) is 9.97 Å². The second-order valence-corrected chi connectivity index (χ2v) is 6.09. The van der Waals surface area contributed by atoms with Crippen LogP contribution in [0.2, 0.25) is 5.02 Å². The number of benzene rings is 1. The number of amides is 1. The molecule has 1 amide bonds. The molecular formula is C17H19ClN4O. The first-order valence-corrected chi connectivity index (χ1v) is 8.10. The van der Waals surface area contributed by atoms with Crippen LogP contribution in [0.1, 0.15) is 34.6 Å². The number of aromatic nitrogens is 2. The molecule has 1 aromatic heterocycles. The topological polar surface area (TPSA) is 58.1 Å². The largest absolute Gasteiger partial charge is 0.357 e. The van der Waals surface area contributed by atoms with Crippen molar-refractivity contribution >= 4 is 29.1 Å². The zero-order valence-corrected chi connectivity index (χ0v) is 14.0. The Morgan fingerprint density at radius 2 is 2.09 bits per heavy atom. The fraction of sp³-hybridized carbons (Fsp3) is 0.353. The van der Waals surface area contributed by atoms with Gasteiger partial charge >= 0.3 is 0 Å². The van der Waals surface area contributed by atoms with Crippen LogP contribution in [0.15, 0.2) is 24.3 Å². The molecule has 0 bridgehead atoms. The minimum atomic E-state index is -0.0996. The molecule has 1 N–H and O–H groups in total. The summed E-state index contributed by atoms with van der Waals surface area (Å²) in [6.45, 7) is 2.54. The Morgan fingerprint density at radius 1 is 1.26 bits per heavy atom. The molecule has 0 aliphatic carbocycles. The van der Waals surface area contributed by atoms with Crippen LogP contribution in [0.3, 0.4) is 0 Å². The molecule has 0 unspecified atom stereocenters. The molecule has 0 saturated carbocycles. The summed E-state index contributed by atoms with van der Waals surface area (Å²) in [5.74, 6) is 0.358. The van der Waals surface area contributed by atoms with Crippen LogP contribution < -0.4 is 10.2 Å². The van der Waals surface area contributed by atoms with Crippen molar-refractivity contribution < 1.29 is 4.79 Å². The van der Waals surface area contributed by atoms with Crippen molar-refractivity contribution in [2.24, 2.45) is 0 Å². The van der Waals surface area contributed by atoms with E-state index in [1.54, 1.807) is 18.0 Å². The number of aryl methyl sites for hydroxylation is 2. The van der Waals surface area contributed by atoms with Gasteiger partial charge in [0.25, 0.3) is 5.91 Å². The number of nitrogens with zero attached hydrogens (tertiary/aromatic N) is 3. The quantitative estimate of drug-likeness (QED) is 0.916. The first-order chi connectivity index (χ1) is 11.1. The molecule has 1 aliphatic heterocycles. The van der Waals surface area contributed by atoms with E-state index in [9.17, 15) is 4.79 Å². The van der Waals surface area contributed by atoms with Gasteiger partial charge in [-0.05, 0) is 56.0 Å². The average Bonchev–Trinajstić information content (AvgIpc) is 2.75. The van der Waals surface area contributed by atoms with E-state index >= 15 is 0 Å². The van der Waals surface area contributed by atoms with Gasteiger partial charge in [-0.3, -0.25) is 4.79 Å². The molecule has 6 heteroatoms. The molecule has 1 aromatic carbocycles. The van der Waals surface area contributed by atoms with Gasteiger partial charge in [0.05, 0.1) is 0 Å². The van der Waals surface area contributed by atoms with Gasteiger partial charge < -0.3 is 10.2 Å². The number of rotatable bonds is 2. The van der Waals surface area contributed by atoms with Crippen LogP contribution in [0.4, 0.5) is 11.6 Å². The molecule has 120 valence electrons. The third-order valence-electron chi connectivity index (χ3n) is 3.95. The number of nitrogens with one attached hydrogen (secondary N) is 1. The number of fused-ring (bicyclic) bond motifs is 1. The monoisotopic (exact) mass is 330 g/mol. The standard InChI is InChI=1S/C17H19ClN4O/c1-11-9-14(21-17(19-2)20-11)16(23)22-8-4-3-5-12-10-13(18)6-7-15(12)22/h6-7,9-10H,3-5,8H2,1-2H3,(H,19,20,21). The molecule has 0 spiro atoms. The van der Waals surface area contributed by atoms with Crippen LogP contribution in [0.5, 0.6) is 0 Å². The third-order valence-corrected chi connectivity index (χ3v) is 4.19. The molecule has 0 saturated heterocycles. The van der Waals surface area contributed by atoms with Gasteiger partial charge in [-0.15, -0.1) is 0 Å². The average molecular weight is 331 g/mol. The molecule has 0 radical (unpaired) electrons. The van der Waals surface area contributed by atoms with E-state index in [4.69, 9.17) is 11.6 Å². The maximum atomic E-state index is 13.0. The van der Waals surface area contributed by atoms with Gasteiger partial charge in [0.2, 0.25) is 5.95 Å². The highest BCUT2D eigenvalue weighted by Crippen LogP contribution is 2.30. The van der Waals surface area contributed by atoms with E-state index < -0.39 is 0 Å². The zero-order chi connectivity index (χ0) is 16.4. The minimum Gasteiger partial charge on any atom is -0.357 e. The van der Waals surface area contributed by atoms with Gasteiger partial charge in [0, 0.05) is 30.0 Å². The van der Waals surface area contributed by atoms with Crippen LogP contribution in [-0.2, 0) is 6.42 Å². The number of hydrogen-bond donors (Lipinski definition) is 1. The fourth-order valence-electron chi connectivity index (χ4n) is 2.86. The maximum absolute atomic E-state index is 13.0. The summed E-state index contributed by atoms with van der Waals surface area (Å²) in [6, 6.07) is 7.43. The summed E-state index contributed by atoms with van der Waals surface area (Å²) in [7, 11) is 1.74.